The van der Waals surface area contributed by atoms with Crippen LogP contribution in [-0.2, 0) is 12.7 Å². The van der Waals surface area contributed by atoms with Gasteiger partial charge < -0.3 is 15.5 Å². The lowest BCUT2D eigenvalue weighted by atomic mass is 9.88. The molecule has 7 heteroatoms. The molecule has 1 amide bonds. The maximum absolute atomic E-state index is 13.1. The van der Waals surface area contributed by atoms with Crippen molar-refractivity contribution >= 4 is 17.2 Å². The molecule has 1 aliphatic heterocycles. The van der Waals surface area contributed by atoms with E-state index in [2.05, 4.69) is 16.7 Å². The molecule has 2 N–H and O–H groups in total. The van der Waals surface area contributed by atoms with Gasteiger partial charge in [0, 0.05) is 30.9 Å². The molecule has 1 heterocycles. The zero-order valence-electron chi connectivity index (χ0n) is 21.9. The number of benzene rings is 3. The van der Waals surface area contributed by atoms with Crippen molar-refractivity contribution in [2.45, 2.75) is 39.4 Å². The minimum absolute atomic E-state index is 0.0263. The van der Waals surface area contributed by atoms with Crippen molar-refractivity contribution in [1.29, 1.82) is 0 Å². The smallest absolute Gasteiger partial charge is 0.381 e. The normalized spacial score (nSPS) is 13.8. The molecule has 1 aliphatic rings. The topological polar surface area (TPSA) is 44.4 Å². The fraction of sp³-hybridized carbons (Fsp3) is 0.323. The fourth-order valence-electron chi connectivity index (χ4n) is 4.87. The molecule has 0 aromatic heterocycles. The van der Waals surface area contributed by atoms with Gasteiger partial charge in [-0.15, -0.1) is 0 Å². The van der Waals surface area contributed by atoms with Gasteiger partial charge in [0.2, 0.25) is 0 Å². The predicted molar refractivity (Wildman–Crippen MR) is 147 cm³/mol. The van der Waals surface area contributed by atoms with Crippen LogP contribution in [0.2, 0.25) is 0 Å². The monoisotopic (exact) mass is 521 g/mol. The molecule has 38 heavy (non-hydrogen) atoms. The van der Waals surface area contributed by atoms with Crippen LogP contribution in [0, 0.1) is 0 Å². The summed E-state index contributed by atoms with van der Waals surface area (Å²) < 4.78 is 39.3. The van der Waals surface area contributed by atoms with E-state index in [-0.39, 0.29) is 12.5 Å². The van der Waals surface area contributed by atoms with Crippen LogP contribution in [0.15, 0.2) is 78.4 Å². The van der Waals surface area contributed by atoms with Gasteiger partial charge in [-0.3, -0.25) is 4.79 Å². The maximum Gasteiger partial charge on any atom is 0.416 e. The highest BCUT2D eigenvalue weighted by Crippen LogP contribution is 2.33. The summed E-state index contributed by atoms with van der Waals surface area (Å²) in [5, 5.41) is 6.70. The van der Waals surface area contributed by atoms with E-state index in [1.54, 1.807) is 11.0 Å². The van der Waals surface area contributed by atoms with Gasteiger partial charge in [-0.2, -0.15) is 13.2 Å². The van der Waals surface area contributed by atoms with E-state index in [0.717, 1.165) is 54.4 Å². The number of piperidine rings is 1. The molecular weight excluding hydrogens is 487 g/mol. The first-order chi connectivity index (χ1) is 18.3. The quantitative estimate of drug-likeness (QED) is 0.336. The molecule has 0 atom stereocenters. The molecule has 1 saturated heterocycles. The standard InChI is InChI=1S/C31H34F3N3O/c1-3-37(4-2)30(38)25-13-11-23(12-14-25)29(24-15-17-35-18-16-24)26-8-6-10-28(20-26)36-21-22-7-5-9-27(19-22)31(32,33)34/h5-14,19-20,35-36H,3-4,15-18,21H2,1-2H3. The summed E-state index contributed by atoms with van der Waals surface area (Å²) in [5.74, 6) is 0.0263. The minimum Gasteiger partial charge on any atom is -0.381 e. The lowest BCUT2D eigenvalue weighted by Gasteiger charge is -2.22. The van der Waals surface area contributed by atoms with E-state index in [1.807, 2.05) is 56.3 Å². The van der Waals surface area contributed by atoms with E-state index < -0.39 is 11.7 Å². The Balaban J connectivity index is 1.61. The molecular formula is C31H34F3N3O. The Labute approximate surface area is 222 Å². The van der Waals surface area contributed by atoms with Crippen LogP contribution in [0.25, 0.3) is 5.57 Å². The Morgan fingerprint density at radius 3 is 2.18 bits per heavy atom. The molecule has 3 aromatic rings. The summed E-state index contributed by atoms with van der Waals surface area (Å²) in [4.78, 5) is 14.6. The van der Waals surface area contributed by atoms with Crippen molar-refractivity contribution in [3.8, 4) is 0 Å². The number of halogens is 3. The summed E-state index contributed by atoms with van der Waals surface area (Å²) in [6.07, 6.45) is -2.51. The van der Waals surface area contributed by atoms with Crippen molar-refractivity contribution in [1.82, 2.24) is 10.2 Å². The number of rotatable bonds is 8. The third-order valence-electron chi connectivity index (χ3n) is 6.93. The minimum atomic E-state index is -4.36. The lowest BCUT2D eigenvalue weighted by Crippen LogP contribution is -2.30. The first kappa shape index (κ1) is 27.5. The third-order valence-corrected chi connectivity index (χ3v) is 6.93. The van der Waals surface area contributed by atoms with Gasteiger partial charge in [0.15, 0.2) is 0 Å². The molecule has 0 radical (unpaired) electrons. The Bertz CT molecular complexity index is 1270. The molecule has 3 aromatic carbocycles. The first-order valence-electron chi connectivity index (χ1n) is 13.1. The molecule has 0 saturated carbocycles. The third kappa shape index (κ3) is 6.64. The van der Waals surface area contributed by atoms with E-state index in [0.29, 0.717) is 24.2 Å². The largest absolute Gasteiger partial charge is 0.416 e. The molecule has 0 spiro atoms. The second kappa shape index (κ2) is 12.3. The number of carbonyl (C=O) groups excluding carboxylic acids is 1. The predicted octanol–water partition coefficient (Wildman–Crippen LogP) is 6.98. The zero-order valence-corrected chi connectivity index (χ0v) is 21.9. The number of carbonyl (C=O) groups is 1. The summed E-state index contributed by atoms with van der Waals surface area (Å²) >= 11 is 0. The first-order valence-corrected chi connectivity index (χ1v) is 13.1. The van der Waals surface area contributed by atoms with Crippen LogP contribution in [-0.4, -0.2) is 37.0 Å². The molecule has 1 fully saturated rings. The van der Waals surface area contributed by atoms with Crippen LogP contribution in [0.4, 0.5) is 18.9 Å². The summed E-state index contributed by atoms with van der Waals surface area (Å²) in [6.45, 7) is 7.38. The van der Waals surface area contributed by atoms with Crippen LogP contribution in [0.5, 0.6) is 0 Å². The average Bonchev–Trinajstić information content (AvgIpc) is 2.94. The van der Waals surface area contributed by atoms with Crippen molar-refractivity contribution in [2.24, 2.45) is 0 Å². The highest BCUT2D eigenvalue weighted by Gasteiger charge is 2.30. The molecule has 4 nitrogen and oxygen atoms in total. The van der Waals surface area contributed by atoms with Gasteiger partial charge in [-0.1, -0.05) is 42.0 Å². The van der Waals surface area contributed by atoms with Crippen LogP contribution < -0.4 is 10.6 Å². The molecule has 0 unspecified atom stereocenters. The Morgan fingerprint density at radius 2 is 1.53 bits per heavy atom. The van der Waals surface area contributed by atoms with Crippen LogP contribution in [0.3, 0.4) is 0 Å². The number of anilines is 1. The average molecular weight is 522 g/mol. The van der Waals surface area contributed by atoms with Gasteiger partial charge in [0.1, 0.15) is 0 Å². The fourth-order valence-corrected chi connectivity index (χ4v) is 4.87. The van der Waals surface area contributed by atoms with Gasteiger partial charge in [-0.05, 0) is 98.4 Å². The SMILES string of the molecule is CCN(CC)C(=O)c1ccc(C(=C2CCNCC2)c2cccc(NCc3cccc(C(F)(F)F)c3)c2)cc1. The molecule has 200 valence electrons. The zero-order chi connectivity index (χ0) is 27.1. The van der Waals surface area contributed by atoms with Crippen LogP contribution in [0.1, 0.15) is 59.3 Å². The Hall–Kier alpha value is -3.58. The second-order valence-electron chi connectivity index (χ2n) is 9.42. The van der Waals surface area contributed by atoms with Crippen molar-refractivity contribution in [2.75, 3.05) is 31.5 Å². The summed E-state index contributed by atoms with van der Waals surface area (Å²) in [5.41, 5.74) is 6.01. The number of nitrogens with one attached hydrogen (secondary N) is 2. The van der Waals surface area contributed by atoms with Crippen molar-refractivity contribution < 1.29 is 18.0 Å². The molecule has 0 aliphatic carbocycles. The van der Waals surface area contributed by atoms with Crippen LogP contribution >= 0.6 is 0 Å². The summed E-state index contributed by atoms with van der Waals surface area (Å²) in [6, 6.07) is 21.2. The Kier molecular flexibility index (Phi) is 8.89. The highest BCUT2D eigenvalue weighted by molar-refractivity contribution is 5.95. The van der Waals surface area contributed by atoms with Crippen molar-refractivity contribution in [3.63, 3.8) is 0 Å². The van der Waals surface area contributed by atoms with E-state index in [4.69, 9.17) is 0 Å². The van der Waals surface area contributed by atoms with Gasteiger partial charge in [0.05, 0.1) is 5.56 Å². The second-order valence-corrected chi connectivity index (χ2v) is 9.42. The Morgan fingerprint density at radius 1 is 0.868 bits per heavy atom. The summed E-state index contributed by atoms with van der Waals surface area (Å²) in [7, 11) is 0. The van der Waals surface area contributed by atoms with E-state index in [1.165, 1.54) is 17.7 Å². The van der Waals surface area contributed by atoms with E-state index >= 15 is 0 Å². The number of alkyl halides is 3. The number of nitrogens with zero attached hydrogens (tertiary/aromatic N) is 1. The number of hydrogen-bond acceptors (Lipinski definition) is 3. The molecule has 4 rings (SSSR count). The van der Waals surface area contributed by atoms with Gasteiger partial charge in [0.25, 0.3) is 5.91 Å². The number of amides is 1. The molecule has 0 bridgehead atoms. The van der Waals surface area contributed by atoms with Crippen molar-refractivity contribution in [3.05, 3.63) is 106 Å². The van der Waals surface area contributed by atoms with Gasteiger partial charge >= 0.3 is 6.18 Å². The maximum atomic E-state index is 13.1. The highest BCUT2D eigenvalue weighted by atomic mass is 19.4. The van der Waals surface area contributed by atoms with E-state index in [9.17, 15) is 18.0 Å². The lowest BCUT2D eigenvalue weighted by molar-refractivity contribution is -0.137. The number of hydrogen-bond donors (Lipinski definition) is 2. The van der Waals surface area contributed by atoms with Gasteiger partial charge in [-0.25, -0.2) is 0 Å².